The first-order valence-corrected chi connectivity index (χ1v) is 4.24. The zero-order chi connectivity index (χ0) is 9.84. The first-order chi connectivity index (χ1) is 6.09. The molecular formula is C8H15N5. The molecule has 0 fully saturated rings. The van der Waals surface area contributed by atoms with Gasteiger partial charge in [-0.15, -0.1) is 5.10 Å². The number of hydrogen-bond donors (Lipinski definition) is 1. The molecule has 0 unspecified atom stereocenters. The van der Waals surface area contributed by atoms with Gasteiger partial charge in [-0.3, -0.25) is 9.67 Å². The van der Waals surface area contributed by atoms with E-state index in [0.717, 1.165) is 5.69 Å². The van der Waals surface area contributed by atoms with Gasteiger partial charge in [0.1, 0.15) is 5.69 Å². The van der Waals surface area contributed by atoms with E-state index in [-0.39, 0.29) is 5.92 Å². The summed E-state index contributed by atoms with van der Waals surface area (Å²) in [4.78, 5) is 4.19. The number of nitrogens with two attached hydrogens (primary N) is 1. The van der Waals surface area contributed by atoms with Crippen LogP contribution in [0.15, 0.2) is 11.2 Å². The molecule has 5 nitrogen and oxygen atoms in total. The third kappa shape index (κ3) is 2.85. The van der Waals surface area contributed by atoms with Gasteiger partial charge in [0.25, 0.3) is 0 Å². The molecule has 1 aromatic heterocycles. The molecule has 2 N–H and O–H groups in total. The van der Waals surface area contributed by atoms with Crippen LogP contribution in [0.4, 0.5) is 0 Å². The summed E-state index contributed by atoms with van der Waals surface area (Å²) in [5.74, 6) is 0.947. The molecule has 1 aromatic rings. The minimum Gasteiger partial charge on any atom is -0.387 e. The summed E-state index contributed by atoms with van der Waals surface area (Å²) < 4.78 is 1.65. The van der Waals surface area contributed by atoms with E-state index in [1.165, 1.54) is 0 Å². The summed E-state index contributed by atoms with van der Waals surface area (Å²) in [5.41, 5.74) is 6.51. The largest absolute Gasteiger partial charge is 0.387 e. The molecule has 0 amide bonds. The number of rotatable bonds is 3. The van der Waals surface area contributed by atoms with Gasteiger partial charge in [-0.2, -0.15) is 0 Å². The van der Waals surface area contributed by atoms with Crippen molar-refractivity contribution in [2.24, 2.45) is 23.7 Å². The molecule has 0 saturated carbocycles. The first-order valence-electron chi connectivity index (χ1n) is 4.24. The lowest BCUT2D eigenvalue weighted by molar-refractivity contribution is 0.713. The van der Waals surface area contributed by atoms with Crippen molar-refractivity contribution in [2.45, 2.75) is 20.4 Å². The predicted molar refractivity (Wildman–Crippen MR) is 51.2 cm³/mol. The van der Waals surface area contributed by atoms with E-state index in [9.17, 15) is 0 Å². The second kappa shape index (κ2) is 4.02. The van der Waals surface area contributed by atoms with Crippen molar-refractivity contribution in [3.05, 3.63) is 11.9 Å². The molecular weight excluding hydrogens is 166 g/mol. The zero-order valence-electron chi connectivity index (χ0n) is 8.23. The highest BCUT2D eigenvalue weighted by atomic mass is 15.4. The smallest absolute Gasteiger partial charge is 0.104 e. The Morgan fingerprint density at radius 3 is 2.85 bits per heavy atom. The monoisotopic (exact) mass is 181 g/mol. The Bertz CT molecular complexity index is 299. The van der Waals surface area contributed by atoms with Gasteiger partial charge in [-0.1, -0.05) is 19.1 Å². The number of aryl methyl sites for hydroxylation is 1. The van der Waals surface area contributed by atoms with Crippen LogP contribution in [0.3, 0.4) is 0 Å². The average Bonchev–Trinajstić information content (AvgIpc) is 2.47. The van der Waals surface area contributed by atoms with Crippen molar-refractivity contribution in [3.8, 4) is 0 Å². The Morgan fingerprint density at radius 2 is 2.38 bits per heavy atom. The highest BCUT2D eigenvalue weighted by Gasteiger charge is 2.00. The normalized spacial score (nSPS) is 12.5. The minimum atomic E-state index is 0.289. The standard InChI is InChI=1S/C8H15N5/c1-6(2)8(9)10-4-7-5-13(3)12-11-7/h5-6H,4H2,1-3H3,(H2,9,10). The van der Waals surface area contributed by atoms with Gasteiger partial charge in [0, 0.05) is 19.2 Å². The van der Waals surface area contributed by atoms with E-state index in [1.54, 1.807) is 4.68 Å². The van der Waals surface area contributed by atoms with Crippen LogP contribution in [0.2, 0.25) is 0 Å². The zero-order valence-corrected chi connectivity index (χ0v) is 8.23. The summed E-state index contributed by atoms with van der Waals surface area (Å²) >= 11 is 0. The quantitative estimate of drug-likeness (QED) is 0.539. The second-order valence-electron chi connectivity index (χ2n) is 3.28. The molecule has 0 aliphatic rings. The van der Waals surface area contributed by atoms with Crippen LogP contribution in [0.1, 0.15) is 19.5 Å². The highest BCUT2D eigenvalue weighted by molar-refractivity contribution is 5.82. The van der Waals surface area contributed by atoms with Crippen LogP contribution in [0.25, 0.3) is 0 Å². The molecule has 0 aromatic carbocycles. The average molecular weight is 181 g/mol. The summed E-state index contributed by atoms with van der Waals surface area (Å²) in [7, 11) is 1.83. The number of aromatic nitrogens is 3. The van der Waals surface area contributed by atoms with Crippen molar-refractivity contribution in [3.63, 3.8) is 0 Å². The van der Waals surface area contributed by atoms with Gasteiger partial charge >= 0.3 is 0 Å². The van der Waals surface area contributed by atoms with Gasteiger partial charge in [0.2, 0.25) is 0 Å². The van der Waals surface area contributed by atoms with Crippen LogP contribution in [-0.4, -0.2) is 20.8 Å². The number of nitrogens with zero attached hydrogens (tertiary/aromatic N) is 4. The molecule has 0 atom stereocenters. The van der Waals surface area contributed by atoms with Gasteiger partial charge in [0.15, 0.2) is 0 Å². The van der Waals surface area contributed by atoms with E-state index in [4.69, 9.17) is 5.73 Å². The molecule has 0 spiro atoms. The highest BCUT2D eigenvalue weighted by Crippen LogP contribution is 1.97. The molecule has 0 bridgehead atoms. The molecule has 1 heterocycles. The Kier molecular flexibility index (Phi) is 3.00. The Morgan fingerprint density at radius 1 is 1.69 bits per heavy atom. The molecule has 0 saturated heterocycles. The van der Waals surface area contributed by atoms with Crippen molar-refractivity contribution in [2.75, 3.05) is 0 Å². The van der Waals surface area contributed by atoms with Crippen molar-refractivity contribution >= 4 is 5.84 Å². The summed E-state index contributed by atoms with van der Waals surface area (Å²) in [6, 6.07) is 0. The number of aliphatic imine (C=N–C) groups is 1. The summed E-state index contributed by atoms with van der Waals surface area (Å²) in [5, 5.41) is 7.69. The van der Waals surface area contributed by atoms with Crippen LogP contribution in [0, 0.1) is 5.92 Å². The maximum absolute atomic E-state index is 5.67. The van der Waals surface area contributed by atoms with Gasteiger partial charge < -0.3 is 5.73 Å². The Hall–Kier alpha value is -1.39. The molecule has 1 rings (SSSR count). The lowest BCUT2D eigenvalue weighted by Gasteiger charge is -2.01. The van der Waals surface area contributed by atoms with Crippen molar-refractivity contribution in [1.82, 2.24) is 15.0 Å². The molecule has 0 aliphatic heterocycles. The predicted octanol–water partition coefficient (Wildman–Crippen LogP) is 0.328. The molecule has 0 radical (unpaired) electrons. The maximum atomic E-state index is 5.67. The maximum Gasteiger partial charge on any atom is 0.104 e. The van der Waals surface area contributed by atoms with Crippen LogP contribution in [0.5, 0.6) is 0 Å². The summed E-state index contributed by atoms with van der Waals surface area (Å²) in [6.45, 7) is 4.53. The van der Waals surface area contributed by atoms with E-state index in [1.807, 2.05) is 27.1 Å². The van der Waals surface area contributed by atoms with Crippen LogP contribution < -0.4 is 5.73 Å². The van der Waals surface area contributed by atoms with E-state index in [2.05, 4.69) is 15.3 Å². The number of amidine groups is 1. The van der Waals surface area contributed by atoms with Crippen LogP contribution >= 0.6 is 0 Å². The van der Waals surface area contributed by atoms with E-state index >= 15 is 0 Å². The molecule has 72 valence electrons. The van der Waals surface area contributed by atoms with Gasteiger partial charge in [-0.25, -0.2) is 0 Å². The molecule has 0 aliphatic carbocycles. The Labute approximate surface area is 77.7 Å². The summed E-state index contributed by atoms with van der Waals surface area (Å²) in [6.07, 6.45) is 1.83. The fourth-order valence-corrected chi connectivity index (χ4v) is 0.823. The Balaban J connectivity index is 2.56. The lowest BCUT2D eigenvalue weighted by atomic mass is 10.2. The topological polar surface area (TPSA) is 69.1 Å². The second-order valence-corrected chi connectivity index (χ2v) is 3.28. The van der Waals surface area contributed by atoms with Crippen LogP contribution in [-0.2, 0) is 13.6 Å². The third-order valence-corrected chi connectivity index (χ3v) is 1.67. The fourth-order valence-electron chi connectivity index (χ4n) is 0.823. The SMILES string of the molecule is CC(C)C(N)=NCc1cn(C)nn1. The third-order valence-electron chi connectivity index (χ3n) is 1.67. The minimum absolute atomic E-state index is 0.289. The fraction of sp³-hybridized carbons (Fsp3) is 0.625. The molecule has 13 heavy (non-hydrogen) atoms. The van der Waals surface area contributed by atoms with Crippen molar-refractivity contribution < 1.29 is 0 Å². The first kappa shape index (κ1) is 9.70. The number of hydrogen-bond acceptors (Lipinski definition) is 3. The van der Waals surface area contributed by atoms with Gasteiger partial charge in [-0.05, 0) is 0 Å². The van der Waals surface area contributed by atoms with E-state index in [0.29, 0.717) is 12.4 Å². The van der Waals surface area contributed by atoms with E-state index < -0.39 is 0 Å². The van der Waals surface area contributed by atoms with Crippen molar-refractivity contribution in [1.29, 1.82) is 0 Å². The lowest BCUT2D eigenvalue weighted by Crippen LogP contribution is -2.18. The van der Waals surface area contributed by atoms with Gasteiger partial charge in [0.05, 0.1) is 12.4 Å². The molecule has 5 heteroatoms.